The minimum absolute atomic E-state index is 0.0554. The molecule has 17 heavy (non-hydrogen) atoms. The van der Waals surface area contributed by atoms with Crippen LogP contribution in [-0.2, 0) is 24.3 Å². The lowest BCUT2D eigenvalue weighted by Gasteiger charge is -2.07. The highest BCUT2D eigenvalue weighted by molar-refractivity contribution is 8.02. The summed E-state index contributed by atoms with van der Waals surface area (Å²) in [4.78, 5) is 25.6. The van der Waals surface area contributed by atoms with E-state index in [-0.39, 0.29) is 22.5 Å². The van der Waals surface area contributed by atoms with Crippen LogP contribution in [0.4, 0.5) is 0 Å². The Morgan fingerprint density at radius 2 is 2.18 bits per heavy atom. The number of carbonyl (C=O) groups is 2. The predicted octanol–water partition coefficient (Wildman–Crippen LogP) is -0.961. The van der Waals surface area contributed by atoms with Gasteiger partial charge in [-0.2, -0.15) is 0 Å². The number of thioether (sulfide) groups is 1. The molecule has 1 aliphatic heterocycles. The summed E-state index contributed by atoms with van der Waals surface area (Å²) in [7, 11) is -2.93. The Labute approximate surface area is 103 Å². The van der Waals surface area contributed by atoms with E-state index in [1.165, 1.54) is 11.8 Å². The lowest BCUT2D eigenvalue weighted by molar-refractivity contribution is -0.148. The summed E-state index contributed by atoms with van der Waals surface area (Å²) in [6.45, 7) is -0.603. The molecule has 1 heterocycles. The van der Waals surface area contributed by atoms with E-state index < -0.39 is 28.3 Å². The summed E-state index contributed by atoms with van der Waals surface area (Å²) in [5.74, 6) is -1.33. The fraction of sp³-hybridized carbons (Fsp3) is 0.750. The van der Waals surface area contributed by atoms with Gasteiger partial charge >= 0.3 is 5.97 Å². The first-order valence-electron chi connectivity index (χ1n) is 4.83. The van der Waals surface area contributed by atoms with Gasteiger partial charge in [0, 0.05) is 5.25 Å². The van der Waals surface area contributed by atoms with Crippen LogP contribution in [0, 0.1) is 0 Å². The lowest BCUT2D eigenvalue weighted by atomic mass is 10.4. The fourth-order valence-electron chi connectivity index (χ4n) is 1.29. The number of hydroxylamine groups is 1. The van der Waals surface area contributed by atoms with Gasteiger partial charge < -0.3 is 5.11 Å². The lowest BCUT2D eigenvalue weighted by Crippen LogP contribution is -2.28. The van der Waals surface area contributed by atoms with Gasteiger partial charge in [-0.1, -0.05) is 0 Å². The van der Waals surface area contributed by atoms with Gasteiger partial charge in [-0.05, 0) is 6.42 Å². The molecule has 1 atom stereocenters. The molecule has 1 fully saturated rings. The zero-order valence-corrected chi connectivity index (χ0v) is 10.6. The van der Waals surface area contributed by atoms with Crippen LogP contribution >= 0.6 is 11.8 Å². The molecule has 9 heteroatoms. The normalized spacial score (nSPS) is 22.2. The van der Waals surface area contributed by atoms with Crippen LogP contribution in [0.25, 0.3) is 0 Å². The van der Waals surface area contributed by atoms with Crippen LogP contribution in [0.15, 0.2) is 0 Å². The number of rotatable bonds is 6. The summed E-state index contributed by atoms with van der Waals surface area (Å²) in [6.07, 6.45) is 0.552. The van der Waals surface area contributed by atoms with E-state index in [1.807, 2.05) is 5.48 Å². The second-order valence-corrected chi connectivity index (χ2v) is 7.06. The molecule has 0 aromatic rings. The molecule has 0 radical (unpaired) electrons. The van der Waals surface area contributed by atoms with Crippen LogP contribution < -0.4 is 5.48 Å². The molecule has 1 saturated heterocycles. The van der Waals surface area contributed by atoms with Crippen LogP contribution in [0.5, 0.6) is 0 Å². The number of sulfone groups is 1. The quantitative estimate of drug-likeness (QED) is 0.604. The first-order chi connectivity index (χ1) is 7.89. The molecule has 98 valence electrons. The average molecular weight is 283 g/mol. The molecule has 0 bridgehead atoms. The zero-order chi connectivity index (χ0) is 12.9. The molecule has 1 rings (SSSR count). The molecule has 0 aromatic heterocycles. The average Bonchev–Trinajstić information content (AvgIpc) is 2.55. The molecule has 0 saturated carbocycles. The monoisotopic (exact) mass is 283 g/mol. The smallest absolute Gasteiger partial charge is 0.332 e. The van der Waals surface area contributed by atoms with Crippen molar-refractivity contribution in [1.82, 2.24) is 5.48 Å². The fourth-order valence-corrected chi connectivity index (χ4v) is 4.72. The second-order valence-electron chi connectivity index (χ2n) is 3.54. The number of hydrogen-bond acceptors (Lipinski definition) is 6. The Kier molecular flexibility index (Phi) is 5.22. The van der Waals surface area contributed by atoms with Crippen LogP contribution in [0.2, 0.25) is 0 Å². The van der Waals surface area contributed by atoms with E-state index in [9.17, 15) is 18.0 Å². The molecular weight excluding hydrogens is 270 g/mol. The van der Waals surface area contributed by atoms with Crippen LogP contribution in [0.3, 0.4) is 0 Å². The third kappa shape index (κ3) is 5.89. The molecular formula is C8H13NO6S2. The molecule has 0 aliphatic carbocycles. The molecule has 7 nitrogen and oxygen atoms in total. The number of carboxylic acid groups (broad SMARTS) is 1. The van der Waals surface area contributed by atoms with Gasteiger partial charge in [-0.25, -0.2) is 18.7 Å². The number of aliphatic carboxylic acids is 1. The van der Waals surface area contributed by atoms with E-state index in [0.29, 0.717) is 6.42 Å². The number of hydrogen-bond donors (Lipinski definition) is 2. The van der Waals surface area contributed by atoms with Gasteiger partial charge in [0.05, 0.1) is 17.3 Å². The number of carboxylic acids is 1. The number of carbonyl (C=O) groups excluding carboxylic acids is 1. The number of nitrogens with one attached hydrogen (secondary N) is 1. The van der Waals surface area contributed by atoms with Crippen LogP contribution in [-0.4, -0.2) is 54.5 Å². The number of amides is 1. The van der Waals surface area contributed by atoms with Crippen molar-refractivity contribution in [2.75, 3.05) is 23.9 Å². The zero-order valence-electron chi connectivity index (χ0n) is 8.92. The second kappa shape index (κ2) is 6.22. The molecule has 1 aliphatic rings. The van der Waals surface area contributed by atoms with Gasteiger partial charge in [0.1, 0.15) is 0 Å². The third-order valence-electron chi connectivity index (χ3n) is 2.02. The molecule has 0 aromatic carbocycles. The summed E-state index contributed by atoms with van der Waals surface area (Å²) >= 11 is 1.23. The van der Waals surface area contributed by atoms with Gasteiger partial charge in [0.2, 0.25) is 0 Å². The van der Waals surface area contributed by atoms with E-state index in [1.54, 1.807) is 0 Å². The van der Waals surface area contributed by atoms with E-state index >= 15 is 0 Å². The minimum atomic E-state index is -2.93. The van der Waals surface area contributed by atoms with E-state index in [0.717, 1.165) is 0 Å². The summed E-state index contributed by atoms with van der Waals surface area (Å²) in [5.41, 5.74) is 1.97. The highest BCUT2D eigenvalue weighted by Gasteiger charge is 2.28. The van der Waals surface area contributed by atoms with Gasteiger partial charge in [-0.15, -0.1) is 11.8 Å². The Bertz CT molecular complexity index is 393. The summed E-state index contributed by atoms with van der Waals surface area (Å²) in [5, 5.41) is 8.17. The van der Waals surface area contributed by atoms with E-state index in [2.05, 4.69) is 4.84 Å². The SMILES string of the molecule is O=C(O)CONC(=O)CSC1CCS(=O)(=O)C1. The first kappa shape index (κ1) is 14.3. The Morgan fingerprint density at radius 1 is 1.47 bits per heavy atom. The van der Waals surface area contributed by atoms with Crippen LogP contribution in [0.1, 0.15) is 6.42 Å². The van der Waals surface area contributed by atoms with Crippen molar-refractivity contribution >= 4 is 33.5 Å². The molecule has 2 N–H and O–H groups in total. The topological polar surface area (TPSA) is 110 Å². The Balaban J connectivity index is 2.14. The van der Waals surface area contributed by atoms with Crippen molar-refractivity contribution < 1.29 is 28.0 Å². The van der Waals surface area contributed by atoms with Crippen molar-refractivity contribution in [2.45, 2.75) is 11.7 Å². The van der Waals surface area contributed by atoms with Crippen molar-refractivity contribution in [2.24, 2.45) is 0 Å². The maximum absolute atomic E-state index is 11.1. The van der Waals surface area contributed by atoms with Crippen molar-refractivity contribution in [1.29, 1.82) is 0 Å². The van der Waals surface area contributed by atoms with Crippen molar-refractivity contribution in [3.63, 3.8) is 0 Å². The van der Waals surface area contributed by atoms with Crippen molar-refractivity contribution in [3.8, 4) is 0 Å². The third-order valence-corrected chi connectivity index (χ3v) is 5.30. The predicted molar refractivity (Wildman–Crippen MR) is 61.2 cm³/mol. The van der Waals surface area contributed by atoms with Gasteiger partial charge in [-0.3, -0.25) is 9.63 Å². The summed E-state index contributed by atoms with van der Waals surface area (Å²) in [6, 6.07) is 0. The van der Waals surface area contributed by atoms with E-state index in [4.69, 9.17) is 5.11 Å². The maximum Gasteiger partial charge on any atom is 0.332 e. The Hall–Kier alpha value is -0.800. The maximum atomic E-state index is 11.1. The van der Waals surface area contributed by atoms with Gasteiger partial charge in [0.15, 0.2) is 16.4 Å². The summed E-state index contributed by atoms with van der Waals surface area (Å²) < 4.78 is 22.3. The standard InChI is InChI=1S/C8H13NO6S2/c10-7(9-15-3-8(11)12)4-16-6-1-2-17(13,14)5-6/h6H,1-5H2,(H,9,10)(H,11,12). The first-order valence-corrected chi connectivity index (χ1v) is 7.70. The Morgan fingerprint density at radius 3 is 2.71 bits per heavy atom. The molecule has 1 unspecified atom stereocenters. The highest BCUT2D eigenvalue weighted by atomic mass is 32.2. The molecule has 0 spiro atoms. The minimum Gasteiger partial charge on any atom is -0.479 e. The van der Waals surface area contributed by atoms with Gasteiger partial charge in [0.25, 0.3) is 5.91 Å². The molecule has 1 amide bonds. The highest BCUT2D eigenvalue weighted by Crippen LogP contribution is 2.23. The largest absolute Gasteiger partial charge is 0.479 e. The van der Waals surface area contributed by atoms with Crippen molar-refractivity contribution in [3.05, 3.63) is 0 Å².